The smallest absolute Gasteiger partial charge is 0.237 e. The second kappa shape index (κ2) is 8.37. The number of fused-ring (bicyclic) bond motifs is 1. The first kappa shape index (κ1) is 20.5. The normalized spacial score (nSPS) is 18.0. The molecular weight excluding hydrogens is 424 g/mol. The van der Waals surface area contributed by atoms with E-state index in [1.807, 2.05) is 60.7 Å². The van der Waals surface area contributed by atoms with Gasteiger partial charge in [0, 0.05) is 17.8 Å². The number of imide groups is 1. The third-order valence-corrected chi connectivity index (χ3v) is 6.60. The van der Waals surface area contributed by atoms with Crippen molar-refractivity contribution in [3.63, 3.8) is 0 Å². The van der Waals surface area contributed by atoms with Crippen LogP contribution in [0.4, 0.5) is 5.82 Å². The molecule has 2 fully saturated rings. The van der Waals surface area contributed by atoms with Crippen molar-refractivity contribution < 1.29 is 9.59 Å². The second-order valence-electron chi connectivity index (χ2n) is 9.06. The molecule has 0 spiro atoms. The summed E-state index contributed by atoms with van der Waals surface area (Å²) >= 11 is 0. The number of anilines is 1. The summed E-state index contributed by atoms with van der Waals surface area (Å²) in [7, 11) is 0. The van der Waals surface area contributed by atoms with E-state index in [0.29, 0.717) is 6.04 Å². The van der Waals surface area contributed by atoms with Crippen LogP contribution in [0, 0.1) is 0 Å². The number of carbonyl (C=O) groups is 2. The quantitative estimate of drug-likeness (QED) is 0.424. The molecule has 168 valence electrons. The van der Waals surface area contributed by atoms with Gasteiger partial charge in [-0.05, 0) is 53.3 Å². The van der Waals surface area contributed by atoms with Crippen molar-refractivity contribution in [3.8, 4) is 11.1 Å². The van der Waals surface area contributed by atoms with Crippen LogP contribution in [0.1, 0.15) is 36.3 Å². The number of aromatic nitrogens is 2. The number of nitrogens with one attached hydrogen (secondary N) is 1. The van der Waals surface area contributed by atoms with Crippen molar-refractivity contribution in [1.29, 1.82) is 0 Å². The van der Waals surface area contributed by atoms with Crippen LogP contribution in [0.25, 0.3) is 22.0 Å². The fraction of sp³-hybridized carbons (Fsp3) is 0.214. The Morgan fingerprint density at radius 3 is 2.53 bits per heavy atom. The van der Waals surface area contributed by atoms with E-state index in [1.54, 1.807) is 6.33 Å². The summed E-state index contributed by atoms with van der Waals surface area (Å²) in [6, 6.07) is 24.2. The largest absolute Gasteiger partial charge is 0.367 e. The van der Waals surface area contributed by atoms with Crippen LogP contribution in [0.15, 0.2) is 79.1 Å². The SMILES string of the molecule is O=C1CC(c2ccccc2)C(=O)N1Cc1cccc(-c2ccc3ncnc(NC4CC4)c3c2)c1. The molecule has 4 aromatic rings. The van der Waals surface area contributed by atoms with Crippen LogP contribution in [0.5, 0.6) is 0 Å². The van der Waals surface area contributed by atoms with Gasteiger partial charge >= 0.3 is 0 Å². The molecule has 1 saturated heterocycles. The van der Waals surface area contributed by atoms with Gasteiger partial charge in [0.25, 0.3) is 0 Å². The third kappa shape index (κ3) is 3.92. The zero-order chi connectivity index (χ0) is 23.1. The minimum Gasteiger partial charge on any atom is -0.367 e. The number of hydrogen-bond donors (Lipinski definition) is 1. The van der Waals surface area contributed by atoms with Gasteiger partial charge in [-0.25, -0.2) is 9.97 Å². The maximum absolute atomic E-state index is 13.0. The molecule has 0 radical (unpaired) electrons. The van der Waals surface area contributed by atoms with Gasteiger partial charge in [-0.3, -0.25) is 14.5 Å². The first-order valence-corrected chi connectivity index (χ1v) is 11.7. The van der Waals surface area contributed by atoms with Gasteiger partial charge in [0.2, 0.25) is 11.8 Å². The summed E-state index contributed by atoms with van der Waals surface area (Å²) in [5.41, 5.74) is 4.79. The predicted octanol–water partition coefficient (Wildman–Crippen LogP) is 4.91. The van der Waals surface area contributed by atoms with Crippen molar-refractivity contribution in [1.82, 2.24) is 14.9 Å². The summed E-state index contributed by atoms with van der Waals surface area (Å²) in [6.07, 6.45) is 4.17. The molecule has 2 amide bonds. The molecule has 2 heterocycles. The Morgan fingerprint density at radius 2 is 1.71 bits per heavy atom. The first-order chi connectivity index (χ1) is 16.7. The highest BCUT2D eigenvalue weighted by Crippen LogP contribution is 2.33. The van der Waals surface area contributed by atoms with Crippen molar-refractivity contribution in [2.75, 3.05) is 5.32 Å². The van der Waals surface area contributed by atoms with E-state index in [4.69, 9.17) is 0 Å². The van der Waals surface area contributed by atoms with E-state index < -0.39 is 5.92 Å². The zero-order valence-corrected chi connectivity index (χ0v) is 18.6. The van der Waals surface area contributed by atoms with E-state index in [9.17, 15) is 9.59 Å². The Morgan fingerprint density at radius 1 is 0.882 bits per heavy atom. The van der Waals surface area contributed by atoms with Gasteiger partial charge < -0.3 is 5.32 Å². The summed E-state index contributed by atoms with van der Waals surface area (Å²) in [5.74, 6) is 0.226. The highest BCUT2D eigenvalue weighted by Gasteiger charge is 2.39. The van der Waals surface area contributed by atoms with Crippen molar-refractivity contribution in [3.05, 3.63) is 90.3 Å². The minimum absolute atomic E-state index is 0.122. The lowest BCUT2D eigenvalue weighted by Crippen LogP contribution is -2.29. The maximum Gasteiger partial charge on any atom is 0.237 e. The lowest BCUT2D eigenvalue weighted by atomic mass is 9.98. The molecular formula is C28H24N4O2. The van der Waals surface area contributed by atoms with E-state index in [2.05, 4.69) is 27.4 Å². The van der Waals surface area contributed by atoms with Gasteiger partial charge in [-0.2, -0.15) is 0 Å². The second-order valence-corrected chi connectivity index (χ2v) is 9.06. The number of hydrogen-bond acceptors (Lipinski definition) is 5. The molecule has 6 heteroatoms. The topological polar surface area (TPSA) is 75.2 Å². The highest BCUT2D eigenvalue weighted by atomic mass is 16.2. The van der Waals surface area contributed by atoms with Crippen molar-refractivity contribution >= 4 is 28.5 Å². The van der Waals surface area contributed by atoms with Crippen LogP contribution in [0.2, 0.25) is 0 Å². The Hall–Kier alpha value is -4.06. The molecule has 6 rings (SSSR count). The fourth-order valence-electron chi connectivity index (χ4n) is 4.60. The highest BCUT2D eigenvalue weighted by molar-refractivity contribution is 6.06. The molecule has 6 nitrogen and oxygen atoms in total. The summed E-state index contributed by atoms with van der Waals surface area (Å²) in [5, 5.41) is 4.49. The Bertz CT molecular complexity index is 1400. The monoisotopic (exact) mass is 448 g/mol. The standard InChI is InChI=1S/C28H24N4O2/c33-26-15-23(19-6-2-1-3-7-19)28(34)32(26)16-18-5-4-8-20(13-18)21-9-12-25-24(14-21)27(30-17-29-25)31-22-10-11-22/h1-9,12-14,17,22-23H,10-11,15-16H2,(H,29,30,31). The van der Waals surface area contributed by atoms with Crippen molar-refractivity contribution in [2.24, 2.45) is 0 Å². The van der Waals surface area contributed by atoms with Crippen LogP contribution in [-0.4, -0.2) is 32.7 Å². The Labute approximate surface area is 197 Å². The minimum atomic E-state index is -0.394. The third-order valence-electron chi connectivity index (χ3n) is 6.60. The number of amides is 2. The van der Waals surface area contributed by atoms with Gasteiger partial charge in [-0.15, -0.1) is 0 Å². The average Bonchev–Trinajstić information content (AvgIpc) is 3.65. The van der Waals surface area contributed by atoms with Gasteiger partial charge in [0.05, 0.1) is 18.0 Å². The lowest BCUT2D eigenvalue weighted by Gasteiger charge is -2.16. The fourth-order valence-corrected chi connectivity index (χ4v) is 4.60. The molecule has 1 N–H and O–H groups in total. The van der Waals surface area contributed by atoms with E-state index in [1.165, 1.54) is 17.7 Å². The molecule has 34 heavy (non-hydrogen) atoms. The van der Waals surface area contributed by atoms with E-state index >= 15 is 0 Å². The number of rotatable bonds is 6. The van der Waals surface area contributed by atoms with Crippen LogP contribution >= 0.6 is 0 Å². The molecule has 1 unspecified atom stereocenters. The predicted molar refractivity (Wildman–Crippen MR) is 131 cm³/mol. The van der Waals surface area contributed by atoms with Gasteiger partial charge in [0.15, 0.2) is 0 Å². The maximum atomic E-state index is 13.0. The molecule has 2 aliphatic rings. The molecule has 0 bridgehead atoms. The Kier molecular flexibility index (Phi) is 5.06. The molecule has 1 atom stereocenters. The van der Waals surface area contributed by atoms with E-state index in [-0.39, 0.29) is 24.8 Å². The lowest BCUT2D eigenvalue weighted by molar-refractivity contribution is -0.139. The molecule has 1 aliphatic carbocycles. The number of nitrogens with zero attached hydrogens (tertiary/aromatic N) is 3. The number of likely N-dealkylation sites (tertiary alicyclic amines) is 1. The zero-order valence-electron chi connectivity index (χ0n) is 18.6. The molecule has 1 aliphatic heterocycles. The van der Waals surface area contributed by atoms with Gasteiger partial charge in [0.1, 0.15) is 12.1 Å². The molecule has 1 aromatic heterocycles. The average molecular weight is 449 g/mol. The van der Waals surface area contributed by atoms with Crippen LogP contribution in [0.3, 0.4) is 0 Å². The summed E-state index contributed by atoms with van der Waals surface area (Å²) < 4.78 is 0. The van der Waals surface area contributed by atoms with Crippen molar-refractivity contribution in [2.45, 2.75) is 37.8 Å². The van der Waals surface area contributed by atoms with Gasteiger partial charge in [-0.1, -0.05) is 54.6 Å². The van der Waals surface area contributed by atoms with Crippen LogP contribution < -0.4 is 5.32 Å². The first-order valence-electron chi connectivity index (χ1n) is 11.7. The van der Waals surface area contributed by atoms with E-state index in [0.717, 1.165) is 39.0 Å². The number of carbonyl (C=O) groups excluding carboxylic acids is 2. The molecule has 3 aromatic carbocycles. The summed E-state index contributed by atoms with van der Waals surface area (Å²) in [4.78, 5) is 36.0. The Balaban J connectivity index is 1.27. The molecule has 1 saturated carbocycles. The summed E-state index contributed by atoms with van der Waals surface area (Å²) in [6.45, 7) is 0.278. The number of benzene rings is 3. The van der Waals surface area contributed by atoms with Crippen LogP contribution in [-0.2, 0) is 16.1 Å².